The molecule has 0 atom stereocenters. The van der Waals surface area contributed by atoms with E-state index in [0.717, 1.165) is 11.2 Å². The zero-order chi connectivity index (χ0) is 10.1. The Balaban J connectivity index is 2.28. The molecule has 0 fully saturated rings. The van der Waals surface area contributed by atoms with Gasteiger partial charge in [-0.2, -0.15) is 0 Å². The SMILES string of the molecule is c1cc(-n2ccc3ccncc32)ccn1. The first-order valence-corrected chi connectivity index (χ1v) is 4.76. The lowest BCUT2D eigenvalue weighted by molar-refractivity contribution is 1.10. The highest BCUT2D eigenvalue weighted by Crippen LogP contribution is 2.18. The smallest absolute Gasteiger partial charge is 0.0712 e. The van der Waals surface area contributed by atoms with Gasteiger partial charge in [0.25, 0.3) is 0 Å². The van der Waals surface area contributed by atoms with Crippen LogP contribution in [-0.2, 0) is 0 Å². The minimum Gasteiger partial charge on any atom is -0.315 e. The van der Waals surface area contributed by atoms with Crippen LogP contribution in [0.25, 0.3) is 16.6 Å². The third-order valence-electron chi connectivity index (χ3n) is 2.44. The van der Waals surface area contributed by atoms with E-state index in [1.807, 2.05) is 30.6 Å². The second kappa shape index (κ2) is 3.20. The van der Waals surface area contributed by atoms with Gasteiger partial charge in [-0.1, -0.05) is 0 Å². The maximum Gasteiger partial charge on any atom is 0.0712 e. The fraction of sp³-hybridized carbons (Fsp3) is 0. The molecule has 72 valence electrons. The number of fused-ring (bicyclic) bond motifs is 1. The van der Waals surface area contributed by atoms with Gasteiger partial charge in [-0.3, -0.25) is 9.97 Å². The van der Waals surface area contributed by atoms with Crippen molar-refractivity contribution in [3.05, 3.63) is 55.2 Å². The minimum atomic E-state index is 1.10. The Kier molecular flexibility index (Phi) is 1.75. The predicted molar refractivity (Wildman–Crippen MR) is 58.9 cm³/mol. The summed E-state index contributed by atoms with van der Waals surface area (Å²) in [6.45, 7) is 0. The second-order valence-electron chi connectivity index (χ2n) is 3.33. The second-order valence-corrected chi connectivity index (χ2v) is 3.33. The van der Waals surface area contributed by atoms with Crippen LogP contribution in [0, 0.1) is 0 Å². The quantitative estimate of drug-likeness (QED) is 0.597. The average molecular weight is 195 g/mol. The maximum atomic E-state index is 4.13. The zero-order valence-corrected chi connectivity index (χ0v) is 8.04. The number of hydrogen-bond donors (Lipinski definition) is 0. The first kappa shape index (κ1) is 8.17. The lowest BCUT2D eigenvalue weighted by atomic mass is 10.3. The molecule has 3 heteroatoms. The number of hydrogen-bond acceptors (Lipinski definition) is 2. The van der Waals surface area contributed by atoms with E-state index in [9.17, 15) is 0 Å². The van der Waals surface area contributed by atoms with Crippen molar-refractivity contribution in [1.29, 1.82) is 0 Å². The number of nitrogens with zero attached hydrogens (tertiary/aromatic N) is 3. The van der Waals surface area contributed by atoms with Crippen LogP contribution in [0.1, 0.15) is 0 Å². The molecule has 3 nitrogen and oxygen atoms in total. The van der Waals surface area contributed by atoms with Crippen LogP contribution in [0.15, 0.2) is 55.2 Å². The van der Waals surface area contributed by atoms with Crippen LogP contribution in [-0.4, -0.2) is 14.5 Å². The molecule has 3 heterocycles. The van der Waals surface area contributed by atoms with Gasteiger partial charge in [0.15, 0.2) is 0 Å². The summed E-state index contributed by atoms with van der Waals surface area (Å²) in [5.74, 6) is 0. The number of pyridine rings is 2. The van der Waals surface area contributed by atoms with Gasteiger partial charge in [0.2, 0.25) is 0 Å². The molecule has 0 aliphatic heterocycles. The molecule has 0 N–H and O–H groups in total. The summed E-state index contributed by atoms with van der Waals surface area (Å²) >= 11 is 0. The third-order valence-corrected chi connectivity index (χ3v) is 2.44. The van der Waals surface area contributed by atoms with Gasteiger partial charge >= 0.3 is 0 Å². The van der Waals surface area contributed by atoms with Crippen LogP contribution >= 0.6 is 0 Å². The van der Waals surface area contributed by atoms with E-state index in [0.29, 0.717) is 0 Å². The Morgan fingerprint density at radius 3 is 2.53 bits per heavy atom. The molecule has 3 aromatic rings. The summed E-state index contributed by atoms with van der Waals surface area (Å²) in [5, 5.41) is 1.20. The van der Waals surface area contributed by atoms with E-state index in [4.69, 9.17) is 0 Å². The third kappa shape index (κ3) is 1.29. The summed E-state index contributed by atoms with van der Waals surface area (Å²) in [6.07, 6.45) is 9.30. The van der Waals surface area contributed by atoms with Crippen molar-refractivity contribution in [2.45, 2.75) is 0 Å². The van der Waals surface area contributed by atoms with E-state index < -0.39 is 0 Å². The summed E-state index contributed by atoms with van der Waals surface area (Å²) in [5.41, 5.74) is 2.22. The van der Waals surface area contributed by atoms with Crippen LogP contribution in [0.4, 0.5) is 0 Å². The lowest BCUT2D eigenvalue weighted by Gasteiger charge is -2.03. The van der Waals surface area contributed by atoms with Crippen molar-refractivity contribution in [2.75, 3.05) is 0 Å². The molecular formula is C12H9N3. The molecule has 3 rings (SSSR count). The summed E-state index contributed by atoms with van der Waals surface area (Å²) in [7, 11) is 0. The highest BCUT2D eigenvalue weighted by molar-refractivity contribution is 5.80. The maximum absolute atomic E-state index is 4.13. The van der Waals surface area contributed by atoms with E-state index in [1.165, 1.54) is 5.39 Å². The molecule has 0 bridgehead atoms. The van der Waals surface area contributed by atoms with Crippen LogP contribution in [0.2, 0.25) is 0 Å². The zero-order valence-electron chi connectivity index (χ0n) is 8.04. The Hall–Kier alpha value is -2.16. The fourth-order valence-electron chi connectivity index (χ4n) is 1.70. The van der Waals surface area contributed by atoms with Gasteiger partial charge in [-0.05, 0) is 24.3 Å². The summed E-state index contributed by atoms with van der Waals surface area (Å²) in [4.78, 5) is 8.14. The van der Waals surface area contributed by atoms with Crippen LogP contribution in [0.3, 0.4) is 0 Å². The lowest BCUT2D eigenvalue weighted by Crippen LogP contribution is -1.91. The predicted octanol–water partition coefficient (Wildman–Crippen LogP) is 2.42. The van der Waals surface area contributed by atoms with E-state index in [2.05, 4.69) is 20.6 Å². The van der Waals surface area contributed by atoms with Crippen molar-refractivity contribution in [2.24, 2.45) is 0 Å². The summed E-state index contributed by atoms with van der Waals surface area (Å²) < 4.78 is 2.10. The molecule has 0 saturated heterocycles. The standard InChI is InChI=1S/C12H9N3/c1-5-14-9-12-10(1)4-8-15(12)11-2-6-13-7-3-11/h1-9H. The highest BCUT2D eigenvalue weighted by Gasteiger charge is 2.01. The fourth-order valence-corrected chi connectivity index (χ4v) is 1.70. The Labute approximate surface area is 87.0 Å². The highest BCUT2D eigenvalue weighted by atomic mass is 15.0. The van der Waals surface area contributed by atoms with Gasteiger partial charge in [0.05, 0.1) is 11.7 Å². The minimum absolute atomic E-state index is 1.10. The normalized spacial score (nSPS) is 10.7. The first-order valence-electron chi connectivity index (χ1n) is 4.76. The molecule has 15 heavy (non-hydrogen) atoms. The molecule has 0 spiro atoms. The summed E-state index contributed by atoms with van der Waals surface area (Å²) in [6, 6.07) is 8.04. The van der Waals surface area contributed by atoms with Gasteiger partial charge in [0.1, 0.15) is 0 Å². The Morgan fingerprint density at radius 2 is 1.67 bits per heavy atom. The largest absolute Gasteiger partial charge is 0.315 e. The molecule has 0 amide bonds. The van der Waals surface area contributed by atoms with Crippen molar-refractivity contribution in [1.82, 2.24) is 14.5 Å². The monoisotopic (exact) mass is 195 g/mol. The van der Waals surface area contributed by atoms with Gasteiger partial charge in [-0.25, -0.2) is 0 Å². The van der Waals surface area contributed by atoms with Crippen molar-refractivity contribution < 1.29 is 0 Å². The topological polar surface area (TPSA) is 30.7 Å². The molecule has 0 aliphatic rings. The molecule has 0 unspecified atom stereocenters. The van der Waals surface area contributed by atoms with Gasteiger partial charge in [0, 0.05) is 35.9 Å². The first-order chi connectivity index (χ1) is 7.45. The van der Waals surface area contributed by atoms with Gasteiger partial charge in [-0.15, -0.1) is 0 Å². The Bertz CT molecular complexity index is 584. The van der Waals surface area contributed by atoms with Crippen molar-refractivity contribution in [3.8, 4) is 5.69 Å². The average Bonchev–Trinajstić information content (AvgIpc) is 2.74. The van der Waals surface area contributed by atoms with Crippen molar-refractivity contribution >= 4 is 10.9 Å². The van der Waals surface area contributed by atoms with Crippen molar-refractivity contribution in [3.63, 3.8) is 0 Å². The van der Waals surface area contributed by atoms with Crippen LogP contribution < -0.4 is 0 Å². The molecular weight excluding hydrogens is 186 g/mol. The van der Waals surface area contributed by atoms with E-state index in [1.54, 1.807) is 18.6 Å². The van der Waals surface area contributed by atoms with E-state index in [-0.39, 0.29) is 0 Å². The van der Waals surface area contributed by atoms with E-state index >= 15 is 0 Å². The number of rotatable bonds is 1. The molecule has 0 aromatic carbocycles. The molecule has 0 saturated carbocycles. The van der Waals surface area contributed by atoms with Crippen LogP contribution in [0.5, 0.6) is 0 Å². The molecule has 3 aromatic heterocycles. The molecule has 0 aliphatic carbocycles. The molecule has 0 radical (unpaired) electrons. The number of aromatic nitrogens is 3. The van der Waals surface area contributed by atoms with Gasteiger partial charge < -0.3 is 4.57 Å². The Morgan fingerprint density at radius 1 is 0.867 bits per heavy atom.